The van der Waals surface area contributed by atoms with Crippen LogP contribution in [0.3, 0.4) is 0 Å². The smallest absolute Gasteiger partial charge is 0.411 e. The third kappa shape index (κ3) is 4.49. The van der Waals surface area contributed by atoms with E-state index in [9.17, 15) is 22.8 Å². The van der Waals surface area contributed by atoms with Crippen molar-refractivity contribution in [2.45, 2.75) is 31.4 Å². The van der Waals surface area contributed by atoms with E-state index in [0.29, 0.717) is 30.4 Å². The zero-order valence-corrected chi connectivity index (χ0v) is 17.9. The number of carbonyl (C=O) groups is 2. The van der Waals surface area contributed by atoms with E-state index in [-0.39, 0.29) is 18.0 Å². The Hall–Kier alpha value is -3.61. The van der Waals surface area contributed by atoms with Gasteiger partial charge in [0.1, 0.15) is 29.3 Å². The second-order valence-electron chi connectivity index (χ2n) is 8.11. The third-order valence-corrected chi connectivity index (χ3v) is 6.16. The van der Waals surface area contributed by atoms with Crippen LogP contribution in [0.4, 0.5) is 18.0 Å². The highest BCUT2D eigenvalue weighted by molar-refractivity contribution is 5.71. The highest BCUT2D eigenvalue weighted by atomic mass is 19.1. The van der Waals surface area contributed by atoms with Gasteiger partial charge in [-0.25, -0.2) is 18.0 Å². The van der Waals surface area contributed by atoms with Gasteiger partial charge in [0.15, 0.2) is 0 Å². The van der Waals surface area contributed by atoms with E-state index in [1.165, 1.54) is 36.4 Å². The number of carbonyl (C=O) groups excluding carboxylic acids is 2. The van der Waals surface area contributed by atoms with Crippen LogP contribution in [0.15, 0.2) is 66.7 Å². The van der Waals surface area contributed by atoms with Crippen LogP contribution in [-0.4, -0.2) is 23.8 Å². The van der Waals surface area contributed by atoms with Gasteiger partial charge in [-0.3, -0.25) is 0 Å². The van der Waals surface area contributed by atoms with Crippen molar-refractivity contribution in [2.75, 3.05) is 6.54 Å². The molecular weight excluding hydrogens is 431 g/mol. The SMILES string of the molecule is C[C@@H](c1ccc(-c2ccc(F)cc2F)cc1)N1CC[C@](CC=O)(c2ccc(F)cc2)OC1=O. The van der Waals surface area contributed by atoms with Crippen LogP contribution in [0.25, 0.3) is 11.1 Å². The molecule has 0 N–H and O–H groups in total. The van der Waals surface area contributed by atoms with E-state index in [2.05, 4.69) is 0 Å². The van der Waals surface area contributed by atoms with E-state index >= 15 is 0 Å². The van der Waals surface area contributed by atoms with Crippen molar-refractivity contribution >= 4 is 12.4 Å². The molecule has 170 valence electrons. The largest absolute Gasteiger partial charge is 0.437 e. The van der Waals surface area contributed by atoms with E-state index in [1.807, 2.05) is 6.92 Å². The molecule has 7 heteroatoms. The molecule has 0 radical (unpaired) electrons. The van der Waals surface area contributed by atoms with E-state index in [1.54, 1.807) is 29.2 Å². The Labute approximate surface area is 189 Å². The van der Waals surface area contributed by atoms with Gasteiger partial charge in [-0.05, 0) is 47.9 Å². The van der Waals surface area contributed by atoms with Crippen LogP contribution >= 0.6 is 0 Å². The molecule has 1 amide bonds. The number of rotatable bonds is 6. The van der Waals surface area contributed by atoms with Crippen LogP contribution in [0.1, 0.15) is 36.9 Å². The zero-order valence-electron chi connectivity index (χ0n) is 17.9. The summed E-state index contributed by atoms with van der Waals surface area (Å²) in [5, 5.41) is 0. The van der Waals surface area contributed by atoms with E-state index in [4.69, 9.17) is 4.74 Å². The second-order valence-corrected chi connectivity index (χ2v) is 8.11. The van der Waals surface area contributed by atoms with Gasteiger partial charge in [0.2, 0.25) is 0 Å². The van der Waals surface area contributed by atoms with Gasteiger partial charge in [-0.2, -0.15) is 0 Å². The molecule has 1 fully saturated rings. The summed E-state index contributed by atoms with van der Waals surface area (Å²) in [6.45, 7) is 2.18. The van der Waals surface area contributed by atoms with Crippen LogP contribution in [-0.2, 0) is 15.1 Å². The number of benzene rings is 3. The fourth-order valence-corrected chi connectivity index (χ4v) is 4.22. The lowest BCUT2D eigenvalue weighted by Crippen LogP contribution is -2.48. The molecular formula is C26H22F3NO3. The molecule has 0 bridgehead atoms. The number of cyclic esters (lactones) is 1. The maximum Gasteiger partial charge on any atom is 0.411 e. The summed E-state index contributed by atoms with van der Waals surface area (Å²) in [6.07, 6.45) is 0.466. The normalized spacial score (nSPS) is 19.2. The highest BCUT2D eigenvalue weighted by Gasteiger charge is 2.43. The minimum absolute atomic E-state index is 0.0233. The molecule has 0 spiro atoms. The number of amides is 1. The minimum Gasteiger partial charge on any atom is -0.437 e. The Bertz CT molecular complexity index is 1160. The Morgan fingerprint density at radius 1 is 1.00 bits per heavy atom. The molecule has 1 aliphatic heterocycles. The van der Waals surface area contributed by atoms with Crippen molar-refractivity contribution in [3.63, 3.8) is 0 Å². The summed E-state index contributed by atoms with van der Waals surface area (Å²) in [5.74, 6) is -1.71. The number of hydrogen-bond donors (Lipinski definition) is 0. The molecule has 1 aliphatic rings. The topological polar surface area (TPSA) is 46.6 Å². The average molecular weight is 453 g/mol. The van der Waals surface area contributed by atoms with Gasteiger partial charge in [0.25, 0.3) is 0 Å². The molecule has 4 nitrogen and oxygen atoms in total. The van der Waals surface area contributed by atoms with Crippen molar-refractivity contribution in [1.29, 1.82) is 0 Å². The van der Waals surface area contributed by atoms with Crippen LogP contribution in [0, 0.1) is 17.5 Å². The van der Waals surface area contributed by atoms with Crippen molar-refractivity contribution < 1.29 is 27.5 Å². The molecule has 3 aromatic rings. The predicted molar refractivity (Wildman–Crippen MR) is 117 cm³/mol. The first-order chi connectivity index (χ1) is 15.8. The molecule has 2 atom stereocenters. The van der Waals surface area contributed by atoms with E-state index < -0.39 is 29.1 Å². The third-order valence-electron chi connectivity index (χ3n) is 6.16. The van der Waals surface area contributed by atoms with Gasteiger partial charge in [-0.1, -0.05) is 36.4 Å². The molecule has 0 aromatic heterocycles. The maximum absolute atomic E-state index is 14.1. The van der Waals surface area contributed by atoms with Crippen LogP contribution in [0.5, 0.6) is 0 Å². The van der Waals surface area contributed by atoms with Gasteiger partial charge >= 0.3 is 6.09 Å². The fourth-order valence-electron chi connectivity index (χ4n) is 4.22. The first kappa shape index (κ1) is 22.6. The van der Waals surface area contributed by atoms with Crippen molar-refractivity contribution in [1.82, 2.24) is 4.90 Å². The van der Waals surface area contributed by atoms with Crippen LogP contribution in [0.2, 0.25) is 0 Å². The molecule has 4 rings (SSSR count). The number of nitrogens with zero attached hydrogens (tertiary/aromatic N) is 1. The van der Waals surface area contributed by atoms with Crippen LogP contribution < -0.4 is 0 Å². The first-order valence-electron chi connectivity index (χ1n) is 10.6. The van der Waals surface area contributed by atoms with Crippen molar-refractivity contribution in [3.8, 4) is 11.1 Å². The molecule has 1 saturated heterocycles. The quantitative estimate of drug-likeness (QED) is 0.420. The monoisotopic (exact) mass is 453 g/mol. The molecule has 3 aromatic carbocycles. The lowest BCUT2D eigenvalue weighted by Gasteiger charge is -2.42. The fraction of sp³-hybridized carbons (Fsp3) is 0.231. The minimum atomic E-state index is -1.13. The zero-order chi connectivity index (χ0) is 23.6. The lowest BCUT2D eigenvalue weighted by atomic mass is 9.86. The highest BCUT2D eigenvalue weighted by Crippen LogP contribution is 2.39. The molecule has 0 saturated carbocycles. The maximum atomic E-state index is 14.1. The Balaban J connectivity index is 1.52. The number of halogens is 3. The second kappa shape index (κ2) is 9.10. The van der Waals surface area contributed by atoms with E-state index in [0.717, 1.165) is 11.6 Å². The Kier molecular flexibility index (Phi) is 6.22. The summed E-state index contributed by atoms with van der Waals surface area (Å²) in [4.78, 5) is 25.8. The van der Waals surface area contributed by atoms with Gasteiger partial charge in [0, 0.05) is 31.0 Å². The lowest BCUT2D eigenvalue weighted by molar-refractivity contribution is -0.117. The Morgan fingerprint density at radius 3 is 2.27 bits per heavy atom. The number of hydrogen-bond acceptors (Lipinski definition) is 3. The predicted octanol–water partition coefficient (Wildman–Crippen LogP) is 6.16. The molecule has 0 aliphatic carbocycles. The summed E-state index contributed by atoms with van der Waals surface area (Å²) in [5.41, 5.74) is 1.12. The molecule has 1 heterocycles. The van der Waals surface area contributed by atoms with Gasteiger partial charge in [-0.15, -0.1) is 0 Å². The standard InChI is InChI=1S/C26H22F3NO3/c1-17(18-2-4-19(5-3-18)23-11-10-22(28)16-24(23)29)30-14-12-26(13-15-31,33-25(30)32)20-6-8-21(27)9-7-20/h2-11,15-17H,12-14H2,1H3/t17-,26-/m0/s1. The van der Waals surface area contributed by atoms with Crippen molar-refractivity contribution in [2.24, 2.45) is 0 Å². The average Bonchev–Trinajstić information content (AvgIpc) is 2.79. The van der Waals surface area contributed by atoms with Gasteiger partial charge in [0.05, 0.1) is 6.04 Å². The Morgan fingerprint density at radius 2 is 1.67 bits per heavy atom. The summed E-state index contributed by atoms with van der Waals surface area (Å²) in [7, 11) is 0. The summed E-state index contributed by atoms with van der Waals surface area (Å²) < 4.78 is 46.4. The van der Waals surface area contributed by atoms with Gasteiger partial charge < -0.3 is 14.4 Å². The van der Waals surface area contributed by atoms with Crippen molar-refractivity contribution in [3.05, 3.63) is 95.3 Å². The summed E-state index contributed by atoms with van der Waals surface area (Å²) >= 11 is 0. The summed E-state index contributed by atoms with van der Waals surface area (Å²) in [6, 6.07) is 15.7. The molecule has 33 heavy (non-hydrogen) atoms. The number of aldehydes is 1. The first-order valence-corrected chi connectivity index (χ1v) is 10.6. The number of ether oxygens (including phenoxy) is 1. The molecule has 0 unspecified atom stereocenters.